The van der Waals surface area contributed by atoms with Crippen molar-refractivity contribution in [2.45, 2.75) is 11.7 Å². The quantitative estimate of drug-likeness (QED) is 0.370. The van der Waals surface area contributed by atoms with E-state index in [-0.39, 0.29) is 11.7 Å². The lowest BCUT2D eigenvalue weighted by Gasteiger charge is -2.25. The Morgan fingerprint density at radius 3 is 2.73 bits per heavy atom. The number of thiophene rings is 1. The summed E-state index contributed by atoms with van der Waals surface area (Å²) >= 11 is 2.99. The van der Waals surface area contributed by atoms with Gasteiger partial charge in [0.15, 0.2) is 22.5 Å². The number of pyridine rings is 1. The van der Waals surface area contributed by atoms with Crippen molar-refractivity contribution in [2.24, 2.45) is 7.05 Å². The monoisotopic (exact) mass is 479 g/mol. The van der Waals surface area contributed by atoms with E-state index in [9.17, 15) is 4.79 Å². The van der Waals surface area contributed by atoms with Gasteiger partial charge in [0.2, 0.25) is 5.91 Å². The second kappa shape index (κ2) is 9.63. The lowest BCUT2D eigenvalue weighted by atomic mass is 10.2. The number of aromatic nitrogens is 4. The predicted octanol–water partition coefficient (Wildman–Crippen LogP) is 4.04. The van der Waals surface area contributed by atoms with Crippen LogP contribution in [-0.2, 0) is 18.4 Å². The molecule has 0 fully saturated rings. The lowest BCUT2D eigenvalue weighted by molar-refractivity contribution is -0.116. The summed E-state index contributed by atoms with van der Waals surface area (Å²) in [5, 5.41) is 11.3. The highest BCUT2D eigenvalue weighted by Gasteiger charge is 2.22. The first-order chi connectivity index (χ1) is 16.2. The van der Waals surface area contributed by atoms with Crippen LogP contribution in [-0.4, -0.2) is 44.6 Å². The maximum Gasteiger partial charge on any atom is 0.237 e. The molecule has 1 amide bonds. The van der Waals surface area contributed by atoms with Gasteiger partial charge in [-0.25, -0.2) is 0 Å². The van der Waals surface area contributed by atoms with E-state index >= 15 is 0 Å². The summed E-state index contributed by atoms with van der Waals surface area (Å²) in [7, 11) is 1.90. The number of anilines is 1. The van der Waals surface area contributed by atoms with Gasteiger partial charge >= 0.3 is 0 Å². The van der Waals surface area contributed by atoms with Gasteiger partial charge in [0.1, 0.15) is 13.2 Å². The van der Waals surface area contributed by atoms with Crippen LogP contribution in [0.2, 0.25) is 0 Å². The Morgan fingerprint density at radius 2 is 1.94 bits per heavy atom. The Hall–Kier alpha value is -3.37. The molecule has 0 aliphatic carbocycles. The molecule has 33 heavy (non-hydrogen) atoms. The number of benzene rings is 1. The molecule has 5 rings (SSSR count). The number of carbonyl (C=O) groups excluding carboxylic acids is 1. The summed E-state index contributed by atoms with van der Waals surface area (Å²) in [6.45, 7) is 1.51. The molecule has 3 aromatic heterocycles. The van der Waals surface area contributed by atoms with Crippen LogP contribution < -0.4 is 14.4 Å². The number of fused-ring (bicyclic) bond motifs is 1. The van der Waals surface area contributed by atoms with Crippen LogP contribution in [0.25, 0.3) is 11.4 Å². The number of amides is 1. The third kappa shape index (κ3) is 4.71. The summed E-state index contributed by atoms with van der Waals surface area (Å²) in [5.74, 6) is 2.28. The average molecular weight is 480 g/mol. The number of hydrogen-bond acceptors (Lipinski definition) is 8. The molecule has 168 valence electrons. The maximum atomic E-state index is 13.4. The van der Waals surface area contributed by atoms with Gasteiger partial charge in [0.05, 0.1) is 12.3 Å². The zero-order chi connectivity index (χ0) is 22.6. The van der Waals surface area contributed by atoms with Crippen molar-refractivity contribution in [1.82, 2.24) is 19.7 Å². The molecule has 10 heteroatoms. The van der Waals surface area contributed by atoms with Crippen LogP contribution in [0.4, 0.5) is 5.69 Å². The van der Waals surface area contributed by atoms with E-state index in [0.29, 0.717) is 36.4 Å². The minimum atomic E-state index is -0.0291. The number of thioether (sulfide) groups is 1. The molecule has 0 radical (unpaired) electrons. The van der Waals surface area contributed by atoms with Gasteiger partial charge in [-0.1, -0.05) is 17.8 Å². The summed E-state index contributed by atoms with van der Waals surface area (Å²) < 4.78 is 13.2. The van der Waals surface area contributed by atoms with E-state index in [0.717, 1.165) is 22.0 Å². The molecule has 0 saturated carbocycles. The maximum absolute atomic E-state index is 13.4. The average Bonchev–Trinajstić information content (AvgIpc) is 3.51. The van der Waals surface area contributed by atoms with Crippen LogP contribution in [0.5, 0.6) is 11.5 Å². The summed E-state index contributed by atoms with van der Waals surface area (Å²) in [4.78, 5) is 20.3. The lowest BCUT2D eigenvalue weighted by Crippen LogP contribution is -2.32. The summed E-state index contributed by atoms with van der Waals surface area (Å²) in [6, 6.07) is 13.4. The fourth-order valence-corrected chi connectivity index (χ4v) is 4.96. The van der Waals surface area contributed by atoms with Gasteiger partial charge in [0, 0.05) is 41.6 Å². The fourth-order valence-electron chi connectivity index (χ4n) is 3.48. The molecule has 0 unspecified atom stereocenters. The van der Waals surface area contributed by atoms with Crippen molar-refractivity contribution in [3.63, 3.8) is 0 Å². The first kappa shape index (κ1) is 21.5. The van der Waals surface area contributed by atoms with E-state index in [1.807, 2.05) is 59.5 Å². The van der Waals surface area contributed by atoms with Crippen molar-refractivity contribution in [2.75, 3.05) is 23.9 Å². The standard InChI is InChI=1S/C23H21N5O3S2/c1-27-22(16-6-8-24-9-7-16)25-26-23(27)33-15-21(29)28(14-18-3-2-12-32-18)17-4-5-19-20(13-17)31-11-10-30-19/h2-9,12-13H,10-11,14-15H2,1H3. The van der Waals surface area contributed by atoms with Gasteiger partial charge in [-0.05, 0) is 35.7 Å². The molecule has 1 aliphatic rings. The largest absolute Gasteiger partial charge is 0.486 e. The molecular formula is C23H21N5O3S2. The fraction of sp³-hybridized carbons (Fsp3) is 0.217. The Balaban J connectivity index is 1.35. The molecular weight excluding hydrogens is 458 g/mol. The Labute approximate surface area is 199 Å². The third-order valence-electron chi connectivity index (χ3n) is 5.13. The highest BCUT2D eigenvalue weighted by atomic mass is 32.2. The van der Waals surface area contributed by atoms with Gasteiger partial charge in [0.25, 0.3) is 0 Å². The first-order valence-corrected chi connectivity index (χ1v) is 12.2. The molecule has 8 nitrogen and oxygen atoms in total. The molecule has 1 aromatic carbocycles. The van der Waals surface area contributed by atoms with Crippen molar-refractivity contribution >= 4 is 34.7 Å². The molecule has 0 saturated heterocycles. The van der Waals surface area contributed by atoms with E-state index in [1.165, 1.54) is 11.8 Å². The zero-order valence-electron chi connectivity index (χ0n) is 17.9. The van der Waals surface area contributed by atoms with Crippen molar-refractivity contribution < 1.29 is 14.3 Å². The number of rotatable bonds is 7. The number of carbonyl (C=O) groups is 1. The van der Waals surface area contributed by atoms with Crippen LogP contribution in [0.3, 0.4) is 0 Å². The highest BCUT2D eigenvalue weighted by molar-refractivity contribution is 7.99. The van der Waals surface area contributed by atoms with Gasteiger partial charge in [-0.2, -0.15) is 0 Å². The van der Waals surface area contributed by atoms with Crippen LogP contribution in [0.15, 0.2) is 65.4 Å². The van der Waals surface area contributed by atoms with Crippen LogP contribution in [0.1, 0.15) is 4.88 Å². The molecule has 0 spiro atoms. The predicted molar refractivity (Wildman–Crippen MR) is 128 cm³/mol. The second-order valence-electron chi connectivity index (χ2n) is 7.28. The van der Waals surface area contributed by atoms with Gasteiger partial charge in [-0.3, -0.25) is 9.78 Å². The minimum Gasteiger partial charge on any atom is -0.486 e. The Bertz CT molecular complexity index is 1240. The number of ether oxygens (including phenoxy) is 2. The number of hydrogen-bond donors (Lipinski definition) is 0. The van der Waals surface area contributed by atoms with E-state index < -0.39 is 0 Å². The second-order valence-corrected chi connectivity index (χ2v) is 9.25. The topological polar surface area (TPSA) is 82.4 Å². The van der Waals surface area contributed by atoms with Crippen molar-refractivity contribution in [3.8, 4) is 22.9 Å². The summed E-state index contributed by atoms with van der Waals surface area (Å²) in [6.07, 6.45) is 3.44. The molecule has 4 aromatic rings. The minimum absolute atomic E-state index is 0.0291. The van der Waals surface area contributed by atoms with Crippen LogP contribution >= 0.6 is 23.1 Å². The molecule has 0 N–H and O–H groups in total. The highest BCUT2D eigenvalue weighted by Crippen LogP contribution is 2.35. The Kier molecular flexibility index (Phi) is 6.27. The van der Waals surface area contributed by atoms with Gasteiger partial charge < -0.3 is 18.9 Å². The van der Waals surface area contributed by atoms with Crippen molar-refractivity contribution in [3.05, 3.63) is 65.1 Å². The van der Waals surface area contributed by atoms with Crippen LogP contribution in [0, 0.1) is 0 Å². The molecule has 4 heterocycles. The van der Waals surface area contributed by atoms with Crippen molar-refractivity contribution in [1.29, 1.82) is 0 Å². The zero-order valence-corrected chi connectivity index (χ0v) is 19.5. The summed E-state index contributed by atoms with van der Waals surface area (Å²) in [5.41, 5.74) is 1.70. The van der Waals surface area contributed by atoms with E-state index in [4.69, 9.17) is 9.47 Å². The Morgan fingerprint density at radius 1 is 1.12 bits per heavy atom. The first-order valence-electron chi connectivity index (χ1n) is 10.3. The molecule has 0 atom stereocenters. The number of nitrogens with zero attached hydrogens (tertiary/aromatic N) is 5. The SMILES string of the molecule is Cn1c(SCC(=O)N(Cc2cccs2)c2ccc3c(c2)OCCO3)nnc1-c1ccncc1. The van der Waals surface area contributed by atoms with Gasteiger partial charge in [-0.15, -0.1) is 21.5 Å². The normalized spacial score (nSPS) is 12.5. The smallest absolute Gasteiger partial charge is 0.237 e. The van der Waals surface area contributed by atoms with E-state index in [2.05, 4.69) is 15.2 Å². The van der Waals surface area contributed by atoms with E-state index in [1.54, 1.807) is 28.6 Å². The third-order valence-corrected chi connectivity index (χ3v) is 7.00. The molecule has 1 aliphatic heterocycles. The molecule has 0 bridgehead atoms.